The molecular weight excluding hydrogens is 384 g/mol. The Labute approximate surface area is 162 Å². The van der Waals surface area contributed by atoms with Crippen molar-refractivity contribution < 1.29 is 22.9 Å². The van der Waals surface area contributed by atoms with Crippen LogP contribution < -0.4 is 4.74 Å². The SMILES string of the molecule is C[C@@H]1CCCN(S(=O)(=O)c2ccc(Oc3ccc(C=O)cc3)c([N+](=O)[O-])c2)C1. The van der Waals surface area contributed by atoms with Gasteiger partial charge in [-0.3, -0.25) is 14.9 Å². The maximum absolute atomic E-state index is 12.9. The van der Waals surface area contributed by atoms with Crippen molar-refractivity contribution in [3.05, 3.63) is 58.1 Å². The Morgan fingerprint density at radius 1 is 1.21 bits per heavy atom. The smallest absolute Gasteiger partial charge is 0.312 e. The average Bonchev–Trinajstić information content (AvgIpc) is 2.68. The molecule has 0 N–H and O–H groups in total. The highest BCUT2D eigenvalue weighted by Gasteiger charge is 2.31. The molecule has 1 atom stereocenters. The standard InChI is InChI=1S/C19H20N2O6S/c1-14-3-2-10-20(12-14)28(25,26)17-8-9-19(18(11-17)21(23)24)27-16-6-4-15(13-22)5-7-16/h4-9,11,13-14H,2-3,10,12H2,1H3/t14-/m1/s1. The number of ether oxygens (including phenoxy) is 1. The molecule has 1 saturated heterocycles. The Kier molecular flexibility index (Phi) is 5.76. The summed E-state index contributed by atoms with van der Waals surface area (Å²) >= 11 is 0. The molecule has 0 bridgehead atoms. The first-order chi connectivity index (χ1) is 13.3. The van der Waals surface area contributed by atoms with Gasteiger partial charge < -0.3 is 4.74 Å². The van der Waals surface area contributed by atoms with Gasteiger partial charge in [0.05, 0.1) is 9.82 Å². The normalized spacial score (nSPS) is 17.8. The summed E-state index contributed by atoms with van der Waals surface area (Å²) in [7, 11) is -3.82. The minimum Gasteiger partial charge on any atom is -0.450 e. The molecule has 0 aliphatic carbocycles. The number of benzene rings is 2. The Hall–Kier alpha value is -2.78. The minimum atomic E-state index is -3.82. The monoisotopic (exact) mass is 404 g/mol. The molecule has 0 radical (unpaired) electrons. The van der Waals surface area contributed by atoms with Gasteiger partial charge in [-0.15, -0.1) is 0 Å². The number of carbonyl (C=O) groups excluding carboxylic acids is 1. The molecule has 2 aromatic rings. The zero-order valence-electron chi connectivity index (χ0n) is 15.3. The first-order valence-electron chi connectivity index (χ1n) is 8.83. The first kappa shape index (κ1) is 20.0. The van der Waals surface area contributed by atoms with Gasteiger partial charge >= 0.3 is 5.69 Å². The summed E-state index contributed by atoms with van der Waals surface area (Å²) < 4.78 is 32.7. The Morgan fingerprint density at radius 2 is 1.93 bits per heavy atom. The van der Waals surface area contributed by atoms with Crippen molar-refractivity contribution in [1.82, 2.24) is 4.31 Å². The van der Waals surface area contributed by atoms with Crippen LogP contribution in [0.5, 0.6) is 11.5 Å². The number of piperidine rings is 1. The zero-order valence-corrected chi connectivity index (χ0v) is 16.1. The third-order valence-corrected chi connectivity index (χ3v) is 6.49. The number of nitrogens with zero attached hydrogens (tertiary/aromatic N) is 2. The van der Waals surface area contributed by atoms with E-state index in [1.165, 1.54) is 40.7 Å². The lowest BCUT2D eigenvalue weighted by Crippen LogP contribution is -2.39. The quantitative estimate of drug-likeness (QED) is 0.413. The van der Waals surface area contributed by atoms with Crippen LogP contribution in [0.2, 0.25) is 0 Å². The summed E-state index contributed by atoms with van der Waals surface area (Å²) in [5.41, 5.74) is 0.00430. The van der Waals surface area contributed by atoms with Crippen molar-refractivity contribution in [2.45, 2.75) is 24.7 Å². The molecule has 0 aromatic heterocycles. The summed E-state index contributed by atoms with van der Waals surface area (Å²) in [6.45, 7) is 2.79. The van der Waals surface area contributed by atoms with Crippen LogP contribution in [0.25, 0.3) is 0 Å². The zero-order chi connectivity index (χ0) is 20.3. The van der Waals surface area contributed by atoms with E-state index in [1.807, 2.05) is 6.92 Å². The second-order valence-corrected chi connectivity index (χ2v) is 8.72. The Balaban J connectivity index is 1.92. The molecule has 28 heavy (non-hydrogen) atoms. The van der Waals surface area contributed by atoms with Crippen LogP contribution in [-0.2, 0) is 10.0 Å². The molecule has 0 spiro atoms. The summed E-state index contributed by atoms with van der Waals surface area (Å²) in [6, 6.07) is 9.68. The summed E-state index contributed by atoms with van der Waals surface area (Å²) in [5.74, 6) is 0.472. The largest absolute Gasteiger partial charge is 0.450 e. The van der Waals surface area contributed by atoms with Gasteiger partial charge in [-0.1, -0.05) is 6.92 Å². The van der Waals surface area contributed by atoms with E-state index < -0.39 is 20.6 Å². The third kappa shape index (κ3) is 4.20. The highest BCUT2D eigenvalue weighted by Crippen LogP contribution is 2.35. The Bertz CT molecular complexity index is 988. The number of carbonyl (C=O) groups is 1. The number of rotatable bonds is 6. The molecule has 3 rings (SSSR count). The molecular formula is C19H20N2O6S. The van der Waals surface area contributed by atoms with Crippen molar-refractivity contribution in [3.63, 3.8) is 0 Å². The molecule has 1 aliphatic heterocycles. The lowest BCUT2D eigenvalue weighted by molar-refractivity contribution is -0.385. The van der Waals surface area contributed by atoms with E-state index in [-0.39, 0.29) is 16.6 Å². The van der Waals surface area contributed by atoms with E-state index in [2.05, 4.69) is 0 Å². The number of sulfonamides is 1. The van der Waals surface area contributed by atoms with Gasteiger partial charge in [0.25, 0.3) is 0 Å². The van der Waals surface area contributed by atoms with Gasteiger partial charge in [0.15, 0.2) is 0 Å². The van der Waals surface area contributed by atoms with E-state index in [1.54, 1.807) is 0 Å². The van der Waals surface area contributed by atoms with Crippen molar-refractivity contribution in [3.8, 4) is 11.5 Å². The summed E-state index contributed by atoms with van der Waals surface area (Å²) in [5, 5.41) is 11.5. The van der Waals surface area contributed by atoms with E-state index in [4.69, 9.17) is 4.74 Å². The van der Waals surface area contributed by atoms with Crippen molar-refractivity contribution >= 4 is 22.0 Å². The highest BCUT2D eigenvalue weighted by atomic mass is 32.2. The topological polar surface area (TPSA) is 107 Å². The number of hydrogen-bond donors (Lipinski definition) is 0. The van der Waals surface area contributed by atoms with Crippen LogP contribution >= 0.6 is 0 Å². The molecule has 0 amide bonds. The molecule has 1 heterocycles. The van der Waals surface area contributed by atoms with Crippen LogP contribution in [0, 0.1) is 16.0 Å². The molecule has 0 unspecified atom stereocenters. The maximum atomic E-state index is 12.9. The average molecular weight is 404 g/mol. The fourth-order valence-corrected chi connectivity index (χ4v) is 4.76. The molecule has 2 aromatic carbocycles. The fourth-order valence-electron chi connectivity index (χ4n) is 3.14. The maximum Gasteiger partial charge on any atom is 0.312 e. The van der Waals surface area contributed by atoms with E-state index >= 15 is 0 Å². The van der Waals surface area contributed by atoms with Crippen molar-refractivity contribution in [2.75, 3.05) is 13.1 Å². The molecule has 1 aliphatic rings. The molecule has 148 valence electrons. The number of aldehydes is 1. The molecule has 0 saturated carbocycles. The molecule has 8 nitrogen and oxygen atoms in total. The minimum absolute atomic E-state index is 0.0742. The third-order valence-electron chi connectivity index (χ3n) is 4.63. The van der Waals surface area contributed by atoms with Gasteiger partial charge in [0.2, 0.25) is 15.8 Å². The lowest BCUT2D eigenvalue weighted by Gasteiger charge is -2.30. The van der Waals surface area contributed by atoms with Crippen LogP contribution in [0.1, 0.15) is 30.1 Å². The van der Waals surface area contributed by atoms with E-state index in [9.17, 15) is 23.3 Å². The van der Waals surface area contributed by atoms with Crippen LogP contribution in [0.3, 0.4) is 0 Å². The fraction of sp³-hybridized carbons (Fsp3) is 0.316. The highest BCUT2D eigenvalue weighted by molar-refractivity contribution is 7.89. The van der Waals surface area contributed by atoms with Crippen LogP contribution in [0.4, 0.5) is 5.69 Å². The Morgan fingerprint density at radius 3 is 2.54 bits per heavy atom. The predicted octanol–water partition coefficient (Wildman–Crippen LogP) is 3.62. The van der Waals surface area contributed by atoms with Crippen LogP contribution in [-0.4, -0.2) is 37.0 Å². The van der Waals surface area contributed by atoms with E-state index in [0.29, 0.717) is 30.7 Å². The van der Waals surface area contributed by atoms with Gasteiger partial charge in [-0.05, 0) is 55.2 Å². The van der Waals surface area contributed by atoms with Crippen molar-refractivity contribution in [1.29, 1.82) is 0 Å². The number of nitro groups is 1. The van der Waals surface area contributed by atoms with Crippen molar-refractivity contribution in [2.24, 2.45) is 5.92 Å². The second-order valence-electron chi connectivity index (χ2n) is 6.79. The van der Waals surface area contributed by atoms with Crippen LogP contribution in [0.15, 0.2) is 47.4 Å². The van der Waals surface area contributed by atoms with Gasteiger partial charge in [0.1, 0.15) is 12.0 Å². The predicted molar refractivity (Wildman–Crippen MR) is 102 cm³/mol. The molecule has 1 fully saturated rings. The van der Waals surface area contributed by atoms with E-state index in [0.717, 1.165) is 18.9 Å². The van der Waals surface area contributed by atoms with Gasteiger partial charge in [-0.25, -0.2) is 8.42 Å². The van der Waals surface area contributed by atoms with Gasteiger partial charge in [-0.2, -0.15) is 4.31 Å². The number of hydrogen-bond acceptors (Lipinski definition) is 6. The molecule has 9 heteroatoms. The number of nitro benzene ring substituents is 1. The second kappa shape index (κ2) is 8.07. The first-order valence-corrected chi connectivity index (χ1v) is 10.3. The lowest BCUT2D eigenvalue weighted by atomic mass is 10.0. The summed E-state index contributed by atoms with van der Waals surface area (Å²) in [4.78, 5) is 21.4. The van der Waals surface area contributed by atoms with Gasteiger partial charge in [0, 0.05) is 24.7 Å². The summed E-state index contributed by atoms with van der Waals surface area (Å²) in [6.07, 6.45) is 2.40.